The molecular weight excluding hydrogens is 188 g/mol. The van der Waals surface area contributed by atoms with Crippen molar-refractivity contribution in [1.82, 2.24) is 9.55 Å². The van der Waals surface area contributed by atoms with E-state index in [9.17, 15) is 5.11 Å². The van der Waals surface area contributed by atoms with E-state index in [-0.39, 0.29) is 6.10 Å². The molecule has 1 N–H and O–H groups in total. The van der Waals surface area contributed by atoms with Crippen molar-refractivity contribution < 1.29 is 5.11 Å². The van der Waals surface area contributed by atoms with Gasteiger partial charge in [0.15, 0.2) is 0 Å². The van der Waals surface area contributed by atoms with E-state index in [0.29, 0.717) is 5.92 Å². The number of rotatable bonds is 4. The summed E-state index contributed by atoms with van der Waals surface area (Å²) in [6.07, 6.45) is 9.46. The molecule has 0 spiro atoms. The lowest BCUT2D eigenvalue weighted by atomic mass is 10.00. The zero-order chi connectivity index (χ0) is 10.7. The van der Waals surface area contributed by atoms with Crippen LogP contribution in [0.3, 0.4) is 0 Å². The summed E-state index contributed by atoms with van der Waals surface area (Å²) >= 11 is 0. The largest absolute Gasteiger partial charge is 0.385 e. The molecule has 1 aromatic heterocycles. The molecule has 1 aliphatic rings. The van der Waals surface area contributed by atoms with Crippen molar-refractivity contribution in [3.05, 3.63) is 18.2 Å². The molecule has 1 fully saturated rings. The highest BCUT2D eigenvalue weighted by atomic mass is 16.3. The Hall–Kier alpha value is -0.830. The third-order valence-electron chi connectivity index (χ3n) is 3.42. The lowest BCUT2D eigenvalue weighted by molar-refractivity contribution is 0.132. The molecule has 0 amide bonds. The van der Waals surface area contributed by atoms with Crippen molar-refractivity contribution in [1.29, 1.82) is 0 Å². The molecule has 0 saturated heterocycles. The van der Waals surface area contributed by atoms with Crippen LogP contribution in [-0.4, -0.2) is 14.7 Å². The molecule has 0 radical (unpaired) electrons. The Labute approximate surface area is 91.1 Å². The molecule has 0 aromatic carbocycles. The first-order valence-electron chi connectivity index (χ1n) is 6.00. The Morgan fingerprint density at radius 2 is 2.27 bits per heavy atom. The van der Waals surface area contributed by atoms with Crippen molar-refractivity contribution in [3.63, 3.8) is 0 Å². The topological polar surface area (TPSA) is 38.0 Å². The van der Waals surface area contributed by atoms with Crippen molar-refractivity contribution in [3.8, 4) is 0 Å². The quantitative estimate of drug-likeness (QED) is 0.825. The minimum absolute atomic E-state index is 0.372. The molecule has 1 aliphatic carbocycles. The number of imidazole rings is 1. The van der Waals surface area contributed by atoms with Gasteiger partial charge in [0.2, 0.25) is 0 Å². The van der Waals surface area contributed by atoms with E-state index >= 15 is 0 Å². The van der Waals surface area contributed by atoms with Crippen molar-refractivity contribution >= 4 is 0 Å². The summed E-state index contributed by atoms with van der Waals surface area (Å²) < 4.78 is 2.03. The van der Waals surface area contributed by atoms with Gasteiger partial charge >= 0.3 is 0 Å². The van der Waals surface area contributed by atoms with Crippen LogP contribution in [0.15, 0.2) is 12.4 Å². The smallest absolute Gasteiger partial charge is 0.137 e. The van der Waals surface area contributed by atoms with Crippen molar-refractivity contribution in [2.24, 2.45) is 5.92 Å². The van der Waals surface area contributed by atoms with Crippen LogP contribution in [0.2, 0.25) is 0 Å². The number of aryl methyl sites for hydroxylation is 1. The fourth-order valence-electron chi connectivity index (χ4n) is 2.55. The van der Waals surface area contributed by atoms with Gasteiger partial charge < -0.3 is 9.67 Å². The van der Waals surface area contributed by atoms with Gasteiger partial charge in [-0.1, -0.05) is 25.7 Å². The highest BCUT2D eigenvalue weighted by Gasteiger charge is 2.21. The molecular formula is C12H20N2O. The summed E-state index contributed by atoms with van der Waals surface area (Å²) in [7, 11) is 0. The first-order valence-corrected chi connectivity index (χ1v) is 6.00. The van der Waals surface area contributed by atoms with Crippen LogP contribution in [-0.2, 0) is 6.54 Å². The van der Waals surface area contributed by atoms with Gasteiger partial charge in [0, 0.05) is 18.9 Å². The molecule has 1 saturated carbocycles. The first kappa shape index (κ1) is 10.7. The summed E-state index contributed by atoms with van der Waals surface area (Å²) in [5, 5.41) is 10.1. The maximum absolute atomic E-state index is 10.1. The Balaban J connectivity index is 1.97. The van der Waals surface area contributed by atoms with Crippen LogP contribution in [0.1, 0.15) is 51.0 Å². The van der Waals surface area contributed by atoms with Crippen LogP contribution in [0, 0.1) is 5.92 Å². The van der Waals surface area contributed by atoms with E-state index in [4.69, 9.17) is 0 Å². The molecule has 0 bridgehead atoms. The predicted octanol–water partition coefficient (Wildman–Crippen LogP) is 2.52. The first-order chi connectivity index (χ1) is 7.31. The van der Waals surface area contributed by atoms with Gasteiger partial charge in [-0.25, -0.2) is 4.98 Å². The van der Waals surface area contributed by atoms with Crippen LogP contribution >= 0.6 is 0 Å². The fourth-order valence-corrected chi connectivity index (χ4v) is 2.55. The van der Waals surface area contributed by atoms with Crippen LogP contribution in [0.25, 0.3) is 0 Å². The second-order valence-electron chi connectivity index (χ2n) is 4.47. The number of hydrogen-bond acceptors (Lipinski definition) is 2. The third kappa shape index (κ3) is 2.40. The lowest BCUT2D eigenvalue weighted by Gasteiger charge is -2.15. The second kappa shape index (κ2) is 4.79. The zero-order valence-corrected chi connectivity index (χ0v) is 9.39. The number of aliphatic hydroxyl groups excluding tert-OH is 1. The Morgan fingerprint density at radius 3 is 2.93 bits per heavy atom. The number of aromatic nitrogens is 2. The number of hydrogen-bond donors (Lipinski definition) is 1. The molecule has 1 aromatic rings. The van der Waals surface area contributed by atoms with Gasteiger partial charge in [-0.15, -0.1) is 0 Å². The lowest BCUT2D eigenvalue weighted by Crippen LogP contribution is -2.10. The summed E-state index contributed by atoms with van der Waals surface area (Å²) in [5.74, 6) is 1.55. The summed E-state index contributed by atoms with van der Waals surface area (Å²) in [6, 6.07) is 0. The minimum atomic E-state index is -0.372. The van der Waals surface area contributed by atoms with Crippen LogP contribution in [0.4, 0.5) is 0 Å². The molecule has 3 nitrogen and oxygen atoms in total. The molecule has 1 heterocycles. The molecule has 15 heavy (non-hydrogen) atoms. The SMILES string of the molecule is CCn1ccnc1C(O)CC1CCCC1. The van der Waals surface area contributed by atoms with E-state index in [1.807, 2.05) is 10.8 Å². The molecule has 84 valence electrons. The normalized spacial score (nSPS) is 19.6. The Kier molecular flexibility index (Phi) is 3.41. The molecule has 0 aliphatic heterocycles. The molecule has 3 heteroatoms. The highest BCUT2D eigenvalue weighted by Crippen LogP contribution is 2.32. The summed E-state index contributed by atoms with van der Waals surface area (Å²) in [6.45, 7) is 2.96. The van der Waals surface area contributed by atoms with Gasteiger partial charge in [0.05, 0.1) is 0 Å². The average molecular weight is 208 g/mol. The maximum atomic E-state index is 10.1. The zero-order valence-electron chi connectivity index (χ0n) is 9.39. The average Bonchev–Trinajstić information content (AvgIpc) is 2.86. The van der Waals surface area contributed by atoms with E-state index in [2.05, 4.69) is 11.9 Å². The van der Waals surface area contributed by atoms with Gasteiger partial charge in [-0.2, -0.15) is 0 Å². The van der Waals surface area contributed by atoms with E-state index in [1.54, 1.807) is 6.20 Å². The molecule has 1 atom stereocenters. The molecule has 1 unspecified atom stereocenters. The van der Waals surface area contributed by atoms with Gasteiger partial charge in [0.1, 0.15) is 11.9 Å². The maximum Gasteiger partial charge on any atom is 0.137 e. The summed E-state index contributed by atoms with van der Waals surface area (Å²) in [4.78, 5) is 4.24. The standard InChI is InChI=1S/C12H20N2O/c1-2-14-8-7-13-12(14)11(15)9-10-5-3-4-6-10/h7-8,10-11,15H,2-6,9H2,1H3. The Bertz CT molecular complexity index is 302. The number of nitrogens with zero attached hydrogens (tertiary/aromatic N) is 2. The van der Waals surface area contributed by atoms with Crippen molar-refractivity contribution in [2.45, 2.75) is 51.7 Å². The third-order valence-corrected chi connectivity index (χ3v) is 3.42. The monoisotopic (exact) mass is 208 g/mol. The van der Waals surface area contributed by atoms with E-state index in [1.165, 1.54) is 25.7 Å². The Morgan fingerprint density at radius 1 is 1.53 bits per heavy atom. The van der Waals surface area contributed by atoms with Gasteiger partial charge in [-0.05, 0) is 19.3 Å². The van der Waals surface area contributed by atoms with E-state index in [0.717, 1.165) is 18.8 Å². The number of aliphatic hydroxyl groups is 1. The molecule has 2 rings (SSSR count). The van der Waals surface area contributed by atoms with Gasteiger partial charge in [0.25, 0.3) is 0 Å². The van der Waals surface area contributed by atoms with Crippen LogP contribution in [0.5, 0.6) is 0 Å². The summed E-state index contributed by atoms with van der Waals surface area (Å²) in [5.41, 5.74) is 0. The van der Waals surface area contributed by atoms with Crippen LogP contribution < -0.4 is 0 Å². The van der Waals surface area contributed by atoms with E-state index < -0.39 is 0 Å². The van der Waals surface area contributed by atoms with Gasteiger partial charge in [-0.3, -0.25) is 0 Å². The fraction of sp³-hybridized carbons (Fsp3) is 0.750. The highest BCUT2D eigenvalue weighted by molar-refractivity contribution is 4.97. The van der Waals surface area contributed by atoms with Crippen molar-refractivity contribution in [2.75, 3.05) is 0 Å². The predicted molar refractivity (Wildman–Crippen MR) is 59.4 cm³/mol. The minimum Gasteiger partial charge on any atom is -0.385 e. The second-order valence-corrected chi connectivity index (χ2v) is 4.47.